The van der Waals surface area contributed by atoms with Gasteiger partial charge in [-0.1, -0.05) is 20.8 Å². The maximum atomic E-state index is 12.7. The minimum absolute atomic E-state index is 0.0802. The van der Waals surface area contributed by atoms with Crippen molar-refractivity contribution in [2.24, 2.45) is 17.1 Å². The highest BCUT2D eigenvalue weighted by Crippen LogP contribution is 2.34. The second-order valence-electron chi connectivity index (χ2n) is 9.72. The maximum absolute atomic E-state index is 12.7. The van der Waals surface area contributed by atoms with Gasteiger partial charge in [0.1, 0.15) is 5.82 Å². The minimum atomic E-state index is -3.43. The zero-order chi connectivity index (χ0) is 19.3. The molecule has 0 aliphatic heterocycles. The Labute approximate surface area is 156 Å². The van der Waals surface area contributed by atoms with Crippen molar-refractivity contribution in [1.82, 2.24) is 9.55 Å². The van der Waals surface area contributed by atoms with Gasteiger partial charge in [-0.3, -0.25) is 0 Å². The lowest BCUT2D eigenvalue weighted by molar-refractivity contribution is 0.391. The van der Waals surface area contributed by atoms with Crippen LogP contribution < -0.4 is 5.73 Å². The summed E-state index contributed by atoms with van der Waals surface area (Å²) < 4.78 is 27.7. The second-order valence-corrected chi connectivity index (χ2v) is 11.7. The summed E-state index contributed by atoms with van der Waals surface area (Å²) >= 11 is 0. The molecule has 1 saturated carbocycles. The van der Waals surface area contributed by atoms with E-state index in [4.69, 9.17) is 10.7 Å². The molecule has 0 atom stereocenters. The van der Waals surface area contributed by atoms with Crippen molar-refractivity contribution < 1.29 is 8.42 Å². The molecular weight excluding hydrogens is 346 g/mol. The molecule has 0 spiro atoms. The minimum Gasteiger partial charge on any atom is -0.328 e. The molecular formula is C20H31N3O2S. The van der Waals surface area contributed by atoms with E-state index in [0.717, 1.165) is 35.7 Å². The van der Waals surface area contributed by atoms with Crippen LogP contribution in [0.5, 0.6) is 0 Å². The van der Waals surface area contributed by atoms with Crippen LogP contribution in [0.15, 0.2) is 23.1 Å². The molecule has 1 aromatic carbocycles. The first-order chi connectivity index (χ1) is 11.8. The summed E-state index contributed by atoms with van der Waals surface area (Å²) in [4.78, 5) is 5.12. The zero-order valence-electron chi connectivity index (χ0n) is 16.5. The molecule has 0 saturated heterocycles. The van der Waals surface area contributed by atoms with Crippen LogP contribution in [0.25, 0.3) is 11.0 Å². The lowest BCUT2D eigenvalue weighted by Gasteiger charge is -2.19. The molecule has 5 nitrogen and oxygen atoms in total. The Morgan fingerprint density at radius 3 is 2.38 bits per heavy atom. The average Bonchev–Trinajstić information content (AvgIpc) is 3.18. The maximum Gasteiger partial charge on any atom is 0.180 e. The number of benzene rings is 1. The molecule has 1 fully saturated rings. The standard InChI is InChI=1S/C20H31N3O2S/c1-19(2,3)11-18-22-16-10-15(26(24,25)13-20(4,5)21)8-9-17(16)23(18)12-14-6-7-14/h8-10,14H,6-7,11-13,21H2,1-5H3. The van der Waals surface area contributed by atoms with Gasteiger partial charge in [-0.25, -0.2) is 13.4 Å². The third-order valence-corrected chi connectivity index (χ3v) is 6.64. The molecule has 1 aliphatic carbocycles. The van der Waals surface area contributed by atoms with Crippen LogP contribution in [0.1, 0.15) is 53.3 Å². The van der Waals surface area contributed by atoms with Crippen molar-refractivity contribution in [3.63, 3.8) is 0 Å². The normalized spacial score (nSPS) is 16.4. The van der Waals surface area contributed by atoms with E-state index < -0.39 is 15.4 Å². The highest BCUT2D eigenvalue weighted by molar-refractivity contribution is 7.91. The van der Waals surface area contributed by atoms with E-state index in [1.54, 1.807) is 26.0 Å². The van der Waals surface area contributed by atoms with Gasteiger partial charge in [0.05, 0.1) is 21.7 Å². The van der Waals surface area contributed by atoms with Gasteiger partial charge in [0.25, 0.3) is 0 Å². The van der Waals surface area contributed by atoms with E-state index in [-0.39, 0.29) is 11.2 Å². The molecule has 3 rings (SSSR count). The number of imidazole rings is 1. The van der Waals surface area contributed by atoms with Crippen molar-refractivity contribution >= 4 is 20.9 Å². The Hall–Kier alpha value is -1.40. The summed E-state index contributed by atoms with van der Waals surface area (Å²) in [6.07, 6.45) is 3.41. The van der Waals surface area contributed by atoms with E-state index in [0.29, 0.717) is 4.90 Å². The smallest absolute Gasteiger partial charge is 0.180 e. The highest BCUT2D eigenvalue weighted by atomic mass is 32.2. The number of nitrogens with zero attached hydrogens (tertiary/aromatic N) is 2. The van der Waals surface area contributed by atoms with E-state index in [2.05, 4.69) is 25.3 Å². The fourth-order valence-electron chi connectivity index (χ4n) is 3.30. The number of fused-ring (bicyclic) bond motifs is 1. The monoisotopic (exact) mass is 377 g/mol. The van der Waals surface area contributed by atoms with Gasteiger partial charge < -0.3 is 10.3 Å². The number of rotatable bonds is 6. The first-order valence-corrected chi connectivity index (χ1v) is 11.0. The molecule has 1 aliphatic rings. The molecule has 144 valence electrons. The van der Waals surface area contributed by atoms with Gasteiger partial charge in [0.2, 0.25) is 0 Å². The Bertz CT molecular complexity index is 911. The van der Waals surface area contributed by atoms with Crippen LogP contribution in [-0.4, -0.2) is 29.3 Å². The first-order valence-electron chi connectivity index (χ1n) is 9.35. The van der Waals surface area contributed by atoms with Crippen molar-refractivity contribution in [3.8, 4) is 0 Å². The summed E-state index contributed by atoms with van der Waals surface area (Å²) in [6, 6.07) is 5.33. The molecule has 2 N–H and O–H groups in total. The predicted octanol–water partition coefficient (Wildman–Crippen LogP) is 3.55. The molecule has 6 heteroatoms. The molecule has 0 unspecified atom stereocenters. The van der Waals surface area contributed by atoms with Crippen LogP contribution in [0, 0.1) is 11.3 Å². The summed E-state index contributed by atoms with van der Waals surface area (Å²) in [5, 5.41) is 0. The molecule has 0 bridgehead atoms. The predicted molar refractivity (Wildman–Crippen MR) is 106 cm³/mol. The van der Waals surface area contributed by atoms with Gasteiger partial charge >= 0.3 is 0 Å². The molecule has 0 radical (unpaired) electrons. The molecule has 1 heterocycles. The molecule has 26 heavy (non-hydrogen) atoms. The van der Waals surface area contributed by atoms with Crippen LogP contribution in [0.3, 0.4) is 0 Å². The Morgan fingerprint density at radius 2 is 1.85 bits per heavy atom. The van der Waals surface area contributed by atoms with Crippen LogP contribution in [0.2, 0.25) is 0 Å². The van der Waals surface area contributed by atoms with Crippen LogP contribution >= 0.6 is 0 Å². The quantitative estimate of drug-likeness (QED) is 0.835. The molecule has 1 aromatic heterocycles. The summed E-state index contributed by atoms with van der Waals surface area (Å²) in [7, 11) is -3.43. The topological polar surface area (TPSA) is 78.0 Å². The van der Waals surface area contributed by atoms with Crippen molar-refractivity contribution in [2.45, 2.75) is 70.9 Å². The van der Waals surface area contributed by atoms with Gasteiger partial charge in [0, 0.05) is 18.5 Å². The van der Waals surface area contributed by atoms with Gasteiger partial charge in [-0.2, -0.15) is 0 Å². The number of sulfone groups is 1. The lowest BCUT2D eigenvalue weighted by atomic mass is 9.92. The Morgan fingerprint density at radius 1 is 1.19 bits per heavy atom. The van der Waals surface area contributed by atoms with Gasteiger partial charge in [0.15, 0.2) is 9.84 Å². The van der Waals surface area contributed by atoms with E-state index in [1.807, 2.05) is 6.07 Å². The fourth-order valence-corrected chi connectivity index (χ4v) is 5.01. The zero-order valence-corrected chi connectivity index (χ0v) is 17.4. The van der Waals surface area contributed by atoms with Gasteiger partial charge in [-0.05, 0) is 56.2 Å². The summed E-state index contributed by atoms with van der Waals surface area (Å²) in [5.74, 6) is 1.70. The van der Waals surface area contributed by atoms with Crippen LogP contribution in [0.4, 0.5) is 0 Å². The lowest BCUT2D eigenvalue weighted by Crippen LogP contribution is -2.39. The first kappa shape index (κ1) is 19.4. The Balaban J connectivity index is 2.04. The van der Waals surface area contributed by atoms with E-state index in [1.165, 1.54) is 12.8 Å². The third-order valence-electron chi connectivity index (χ3n) is 4.55. The molecule has 0 amide bonds. The third kappa shape index (κ3) is 4.65. The van der Waals surface area contributed by atoms with E-state index >= 15 is 0 Å². The number of aromatic nitrogens is 2. The van der Waals surface area contributed by atoms with Crippen LogP contribution in [-0.2, 0) is 22.8 Å². The van der Waals surface area contributed by atoms with Crippen molar-refractivity contribution in [1.29, 1.82) is 0 Å². The fraction of sp³-hybridized carbons (Fsp3) is 0.650. The highest BCUT2D eigenvalue weighted by Gasteiger charge is 2.28. The SMILES string of the molecule is CC(C)(C)Cc1nc2cc(S(=O)(=O)CC(C)(C)N)ccc2n1CC1CC1. The average molecular weight is 378 g/mol. The summed E-state index contributed by atoms with van der Waals surface area (Å²) in [5.41, 5.74) is 7.09. The largest absolute Gasteiger partial charge is 0.328 e. The number of hydrogen-bond acceptors (Lipinski definition) is 4. The van der Waals surface area contributed by atoms with Gasteiger partial charge in [-0.15, -0.1) is 0 Å². The Kier molecular flexibility index (Phi) is 4.72. The molecule has 2 aromatic rings. The van der Waals surface area contributed by atoms with Crippen molar-refractivity contribution in [3.05, 3.63) is 24.0 Å². The second kappa shape index (κ2) is 6.34. The van der Waals surface area contributed by atoms with E-state index in [9.17, 15) is 8.42 Å². The number of hydrogen-bond donors (Lipinski definition) is 1. The van der Waals surface area contributed by atoms with Crippen molar-refractivity contribution in [2.75, 3.05) is 5.75 Å². The number of nitrogens with two attached hydrogens (primary N) is 1. The summed E-state index contributed by atoms with van der Waals surface area (Å²) in [6.45, 7) is 11.0.